The average Bonchev–Trinajstić information content (AvgIpc) is 2.43. The van der Waals surface area contributed by atoms with Crippen LogP contribution in [0.1, 0.15) is 39.2 Å². The van der Waals surface area contributed by atoms with Gasteiger partial charge in [0.2, 0.25) is 0 Å². The van der Waals surface area contributed by atoms with Crippen LogP contribution in [0.5, 0.6) is 0 Å². The highest BCUT2D eigenvalue weighted by Crippen LogP contribution is 2.24. The third-order valence-electron chi connectivity index (χ3n) is 4.25. The predicted molar refractivity (Wildman–Crippen MR) is 87.1 cm³/mol. The number of hydrogen-bond acceptors (Lipinski definition) is 2. The molecule has 1 aromatic rings. The molecule has 21 heavy (non-hydrogen) atoms. The van der Waals surface area contributed by atoms with Gasteiger partial charge in [-0.25, -0.2) is 4.39 Å². The molecule has 118 valence electrons. The number of nitrogens with zero attached hydrogens (tertiary/aromatic N) is 1. The summed E-state index contributed by atoms with van der Waals surface area (Å²) in [5.74, 6) is 0.358. The second kappa shape index (κ2) is 7.57. The molecule has 4 heteroatoms. The molecule has 0 bridgehead atoms. The number of hydrogen-bond donors (Lipinski definition) is 1. The maximum atomic E-state index is 13.6. The Balaban J connectivity index is 2.08. The largest absolute Gasteiger partial charge is 0.311 e. The fourth-order valence-corrected chi connectivity index (χ4v) is 3.33. The molecule has 0 aromatic heterocycles. The van der Waals surface area contributed by atoms with Crippen LogP contribution in [-0.2, 0) is 6.54 Å². The highest BCUT2D eigenvalue weighted by atomic mass is 35.5. The standard InChI is InChI=1S/C17H26ClFN2/c1-4-15-9-20-14(8-12(2)3)11-21(15)10-13-6-5-7-16(19)17(13)18/h5-7,12,14-15,20H,4,8-11H2,1-3H3. The quantitative estimate of drug-likeness (QED) is 0.881. The molecular formula is C17H26ClFN2. The van der Waals surface area contributed by atoms with Crippen molar-refractivity contribution in [3.8, 4) is 0 Å². The van der Waals surface area contributed by atoms with Gasteiger partial charge in [0, 0.05) is 31.7 Å². The van der Waals surface area contributed by atoms with Gasteiger partial charge in [-0.1, -0.05) is 44.5 Å². The van der Waals surface area contributed by atoms with Gasteiger partial charge in [0.25, 0.3) is 0 Å². The van der Waals surface area contributed by atoms with E-state index in [2.05, 4.69) is 31.0 Å². The fourth-order valence-electron chi connectivity index (χ4n) is 3.14. The zero-order valence-electron chi connectivity index (χ0n) is 13.2. The molecule has 0 saturated carbocycles. The molecule has 2 nitrogen and oxygen atoms in total. The van der Waals surface area contributed by atoms with Crippen molar-refractivity contribution in [3.63, 3.8) is 0 Å². The molecule has 0 radical (unpaired) electrons. The Morgan fingerprint density at radius 3 is 2.86 bits per heavy atom. The lowest BCUT2D eigenvalue weighted by Gasteiger charge is -2.41. The molecule has 1 N–H and O–H groups in total. The van der Waals surface area contributed by atoms with E-state index in [9.17, 15) is 4.39 Å². The first kappa shape index (κ1) is 16.7. The first-order chi connectivity index (χ1) is 10.0. The maximum absolute atomic E-state index is 13.6. The molecule has 0 aliphatic carbocycles. The molecule has 1 aliphatic heterocycles. The summed E-state index contributed by atoms with van der Waals surface area (Å²) >= 11 is 6.11. The fraction of sp³-hybridized carbons (Fsp3) is 0.647. The second-order valence-corrected chi connectivity index (χ2v) is 6.82. The van der Waals surface area contributed by atoms with Crippen LogP contribution in [0.2, 0.25) is 5.02 Å². The van der Waals surface area contributed by atoms with E-state index in [0.717, 1.165) is 31.6 Å². The van der Waals surface area contributed by atoms with Crippen LogP contribution in [0.3, 0.4) is 0 Å². The Hall–Kier alpha value is -0.640. The summed E-state index contributed by atoms with van der Waals surface area (Å²) in [6, 6.07) is 6.10. The van der Waals surface area contributed by atoms with Crippen LogP contribution >= 0.6 is 11.6 Å². The van der Waals surface area contributed by atoms with Crippen LogP contribution < -0.4 is 5.32 Å². The van der Waals surface area contributed by atoms with Crippen molar-refractivity contribution >= 4 is 11.6 Å². The van der Waals surface area contributed by atoms with Crippen LogP contribution in [-0.4, -0.2) is 30.1 Å². The van der Waals surface area contributed by atoms with Crippen molar-refractivity contribution in [2.45, 2.75) is 52.2 Å². The van der Waals surface area contributed by atoms with E-state index in [1.54, 1.807) is 6.07 Å². The minimum atomic E-state index is -0.323. The van der Waals surface area contributed by atoms with Crippen LogP contribution in [0.15, 0.2) is 18.2 Å². The highest BCUT2D eigenvalue weighted by molar-refractivity contribution is 6.31. The molecule has 1 saturated heterocycles. The molecule has 2 atom stereocenters. The van der Waals surface area contributed by atoms with Crippen molar-refractivity contribution in [2.24, 2.45) is 5.92 Å². The number of rotatable bonds is 5. The van der Waals surface area contributed by atoms with Gasteiger partial charge >= 0.3 is 0 Å². The van der Waals surface area contributed by atoms with Crippen molar-refractivity contribution in [1.29, 1.82) is 0 Å². The lowest BCUT2D eigenvalue weighted by Crippen LogP contribution is -2.56. The molecular weight excluding hydrogens is 287 g/mol. The van der Waals surface area contributed by atoms with E-state index in [0.29, 0.717) is 18.0 Å². The number of nitrogens with one attached hydrogen (secondary N) is 1. The van der Waals surface area contributed by atoms with Crippen molar-refractivity contribution < 1.29 is 4.39 Å². The van der Waals surface area contributed by atoms with Crippen LogP contribution in [0.25, 0.3) is 0 Å². The van der Waals surface area contributed by atoms with E-state index >= 15 is 0 Å². The van der Waals surface area contributed by atoms with Gasteiger partial charge in [-0.05, 0) is 30.4 Å². The minimum absolute atomic E-state index is 0.270. The average molecular weight is 313 g/mol. The minimum Gasteiger partial charge on any atom is -0.311 e. The third kappa shape index (κ3) is 4.41. The van der Waals surface area contributed by atoms with Crippen molar-refractivity contribution in [2.75, 3.05) is 13.1 Å². The Bertz CT molecular complexity index is 464. The zero-order valence-corrected chi connectivity index (χ0v) is 14.0. The first-order valence-electron chi connectivity index (χ1n) is 7.91. The smallest absolute Gasteiger partial charge is 0.142 e. The van der Waals surface area contributed by atoms with Gasteiger partial charge in [0.1, 0.15) is 5.82 Å². The van der Waals surface area contributed by atoms with Crippen molar-refractivity contribution in [1.82, 2.24) is 10.2 Å². The van der Waals surface area contributed by atoms with E-state index < -0.39 is 0 Å². The number of piperazine rings is 1. The Morgan fingerprint density at radius 2 is 2.19 bits per heavy atom. The molecule has 2 rings (SSSR count). The molecule has 1 aromatic carbocycles. The predicted octanol–water partition coefficient (Wildman–Crippen LogP) is 4.08. The van der Waals surface area contributed by atoms with E-state index in [1.807, 2.05) is 6.07 Å². The zero-order chi connectivity index (χ0) is 15.4. The van der Waals surface area contributed by atoms with E-state index in [-0.39, 0.29) is 10.8 Å². The third-order valence-corrected chi connectivity index (χ3v) is 4.67. The summed E-state index contributed by atoms with van der Waals surface area (Å²) in [7, 11) is 0. The Morgan fingerprint density at radius 1 is 1.43 bits per heavy atom. The second-order valence-electron chi connectivity index (χ2n) is 6.44. The van der Waals surface area contributed by atoms with Gasteiger partial charge in [-0.3, -0.25) is 4.90 Å². The molecule has 1 aliphatic rings. The Labute approximate surface area is 132 Å². The van der Waals surface area contributed by atoms with Gasteiger partial charge < -0.3 is 5.32 Å². The summed E-state index contributed by atoms with van der Waals surface area (Å²) in [5, 5.41) is 3.91. The summed E-state index contributed by atoms with van der Waals surface area (Å²) in [4.78, 5) is 2.45. The summed E-state index contributed by atoms with van der Waals surface area (Å²) < 4.78 is 13.6. The summed E-state index contributed by atoms with van der Waals surface area (Å²) in [6.45, 7) is 9.44. The van der Waals surface area contributed by atoms with E-state index in [4.69, 9.17) is 11.6 Å². The number of benzene rings is 1. The van der Waals surface area contributed by atoms with Crippen LogP contribution in [0, 0.1) is 11.7 Å². The normalized spacial score (nSPS) is 23.7. The van der Waals surface area contributed by atoms with E-state index in [1.165, 1.54) is 12.5 Å². The molecule has 1 fully saturated rings. The van der Waals surface area contributed by atoms with Gasteiger partial charge in [0.15, 0.2) is 0 Å². The number of halogens is 2. The Kier molecular flexibility index (Phi) is 6.03. The van der Waals surface area contributed by atoms with Gasteiger partial charge in [0.05, 0.1) is 5.02 Å². The lowest BCUT2D eigenvalue weighted by atomic mass is 9.98. The van der Waals surface area contributed by atoms with Gasteiger partial charge in [-0.2, -0.15) is 0 Å². The summed E-state index contributed by atoms with van der Waals surface area (Å²) in [6.07, 6.45) is 2.26. The monoisotopic (exact) mass is 312 g/mol. The molecule has 0 amide bonds. The van der Waals surface area contributed by atoms with Gasteiger partial charge in [-0.15, -0.1) is 0 Å². The topological polar surface area (TPSA) is 15.3 Å². The van der Waals surface area contributed by atoms with Crippen LogP contribution in [0.4, 0.5) is 4.39 Å². The highest BCUT2D eigenvalue weighted by Gasteiger charge is 2.27. The molecule has 1 heterocycles. The molecule has 0 spiro atoms. The molecule has 2 unspecified atom stereocenters. The van der Waals surface area contributed by atoms with Crippen molar-refractivity contribution in [3.05, 3.63) is 34.6 Å². The first-order valence-corrected chi connectivity index (χ1v) is 8.29. The SMILES string of the molecule is CCC1CNC(CC(C)C)CN1Cc1cccc(F)c1Cl. The maximum Gasteiger partial charge on any atom is 0.142 e. The summed E-state index contributed by atoms with van der Waals surface area (Å²) in [5.41, 5.74) is 0.889. The lowest BCUT2D eigenvalue weighted by molar-refractivity contribution is 0.111.